The van der Waals surface area contributed by atoms with Gasteiger partial charge in [-0.1, -0.05) is 0 Å². The van der Waals surface area contributed by atoms with Crippen molar-refractivity contribution in [2.24, 2.45) is 0 Å². The molecule has 1 saturated carbocycles. The molecule has 3 nitrogen and oxygen atoms in total. The molecule has 0 heterocycles. The number of hydrogen-bond donors (Lipinski definition) is 1. The Morgan fingerprint density at radius 2 is 1.85 bits per heavy atom. The lowest BCUT2D eigenvalue weighted by Gasteiger charge is -2.20. The molecule has 0 radical (unpaired) electrons. The van der Waals surface area contributed by atoms with Crippen LogP contribution in [0.5, 0.6) is 0 Å². The number of ether oxygens (including phenoxy) is 1. The van der Waals surface area contributed by atoms with Crippen LogP contribution in [0.15, 0.2) is 0 Å². The first kappa shape index (κ1) is 10.5. The summed E-state index contributed by atoms with van der Waals surface area (Å²) in [7, 11) is 0. The maximum Gasteiger partial charge on any atom is 0.326 e. The van der Waals surface area contributed by atoms with Gasteiger partial charge in [0, 0.05) is 6.04 Å². The van der Waals surface area contributed by atoms with Gasteiger partial charge in [-0.15, -0.1) is 0 Å². The summed E-state index contributed by atoms with van der Waals surface area (Å²) in [6.07, 6.45) is 1.81. The van der Waals surface area contributed by atoms with Crippen molar-refractivity contribution in [2.75, 3.05) is 0 Å². The molecule has 0 aromatic carbocycles. The lowest BCUT2D eigenvalue weighted by molar-refractivity contribution is -0.151. The molecule has 0 aromatic heterocycles. The van der Waals surface area contributed by atoms with E-state index in [2.05, 4.69) is 5.32 Å². The quantitative estimate of drug-likeness (QED) is 0.674. The van der Waals surface area contributed by atoms with Crippen LogP contribution in [0.25, 0.3) is 0 Å². The molecule has 13 heavy (non-hydrogen) atoms. The van der Waals surface area contributed by atoms with Gasteiger partial charge in [-0.25, -0.2) is 0 Å². The van der Waals surface area contributed by atoms with E-state index in [1.54, 1.807) is 0 Å². The molecule has 0 aliphatic heterocycles. The summed E-state index contributed by atoms with van der Waals surface area (Å²) in [5.41, 5.74) is -0.349. The fraction of sp³-hybridized carbons (Fsp3) is 0.900. The van der Waals surface area contributed by atoms with Crippen LogP contribution in [0.3, 0.4) is 0 Å². The average Bonchev–Trinajstić information content (AvgIpc) is 2.66. The predicted molar refractivity (Wildman–Crippen MR) is 51.5 cm³/mol. The largest absolute Gasteiger partial charge is 0.462 e. The van der Waals surface area contributed by atoms with Crippen molar-refractivity contribution in [3.63, 3.8) is 0 Å². The van der Waals surface area contributed by atoms with E-state index in [0.717, 1.165) is 12.8 Å². The molecule has 0 saturated heterocycles. The lowest BCUT2D eigenvalue weighted by atomic mass is 10.2. The zero-order chi connectivity index (χ0) is 10.1. The van der Waals surface area contributed by atoms with Gasteiger partial charge in [-0.2, -0.15) is 0 Å². The maximum atomic E-state index is 11.6. The van der Waals surface area contributed by atoms with Crippen molar-refractivity contribution in [1.29, 1.82) is 0 Å². The minimum absolute atomic E-state index is 0.0149. The van der Waals surface area contributed by atoms with E-state index < -0.39 is 0 Å². The summed E-state index contributed by atoms with van der Waals surface area (Å²) in [4.78, 5) is 11.6. The fourth-order valence-corrected chi connectivity index (χ4v) is 1.41. The van der Waals surface area contributed by atoms with Crippen molar-refractivity contribution in [1.82, 2.24) is 5.32 Å². The minimum atomic E-state index is -0.349. The lowest BCUT2D eigenvalue weighted by Crippen LogP contribution is -2.44. The highest BCUT2D eigenvalue weighted by Crippen LogP contribution is 2.37. The van der Waals surface area contributed by atoms with Crippen molar-refractivity contribution in [2.45, 2.75) is 58.2 Å². The van der Waals surface area contributed by atoms with E-state index in [0.29, 0.717) is 6.04 Å². The molecule has 1 rings (SSSR count). The molecule has 1 N–H and O–H groups in total. The van der Waals surface area contributed by atoms with Crippen molar-refractivity contribution in [3.8, 4) is 0 Å². The van der Waals surface area contributed by atoms with Crippen LogP contribution in [0.1, 0.15) is 40.5 Å². The van der Waals surface area contributed by atoms with Gasteiger partial charge in [0.1, 0.15) is 5.54 Å². The molecule has 0 unspecified atom stereocenters. The van der Waals surface area contributed by atoms with Gasteiger partial charge >= 0.3 is 5.97 Å². The van der Waals surface area contributed by atoms with E-state index in [4.69, 9.17) is 4.74 Å². The number of esters is 1. The van der Waals surface area contributed by atoms with Gasteiger partial charge in [-0.3, -0.25) is 10.1 Å². The standard InChI is InChI=1S/C10H19NO2/c1-7(2)11-10(5-6-10)9(12)13-8(3)4/h7-8,11H,5-6H2,1-4H3. The summed E-state index contributed by atoms with van der Waals surface area (Å²) in [5, 5.41) is 3.26. The molecule has 1 fully saturated rings. The van der Waals surface area contributed by atoms with E-state index in [-0.39, 0.29) is 17.6 Å². The molecule has 76 valence electrons. The number of hydrogen-bond acceptors (Lipinski definition) is 3. The Labute approximate surface area is 79.8 Å². The molecule has 0 bridgehead atoms. The minimum Gasteiger partial charge on any atom is -0.462 e. The average molecular weight is 185 g/mol. The summed E-state index contributed by atoms with van der Waals surface area (Å²) in [6.45, 7) is 7.85. The molecule has 0 spiro atoms. The number of rotatable bonds is 4. The van der Waals surface area contributed by atoms with Crippen LogP contribution in [0.2, 0.25) is 0 Å². The zero-order valence-corrected chi connectivity index (χ0v) is 8.89. The highest BCUT2D eigenvalue weighted by molar-refractivity contribution is 5.84. The van der Waals surface area contributed by atoms with Crippen LogP contribution in [-0.2, 0) is 9.53 Å². The normalized spacial score (nSPS) is 19.2. The van der Waals surface area contributed by atoms with Gasteiger partial charge in [0.25, 0.3) is 0 Å². The highest BCUT2D eigenvalue weighted by Gasteiger charge is 2.51. The molecule has 0 amide bonds. The fourth-order valence-electron chi connectivity index (χ4n) is 1.41. The van der Waals surface area contributed by atoms with Crippen LogP contribution >= 0.6 is 0 Å². The number of carbonyl (C=O) groups is 1. The first-order valence-corrected chi connectivity index (χ1v) is 4.95. The van der Waals surface area contributed by atoms with E-state index >= 15 is 0 Å². The molecular weight excluding hydrogens is 166 g/mol. The Morgan fingerprint density at radius 1 is 1.31 bits per heavy atom. The van der Waals surface area contributed by atoms with Crippen LogP contribution in [-0.4, -0.2) is 23.7 Å². The Morgan fingerprint density at radius 3 is 2.15 bits per heavy atom. The first-order chi connectivity index (χ1) is 5.96. The smallest absolute Gasteiger partial charge is 0.326 e. The molecule has 1 aliphatic rings. The predicted octanol–water partition coefficient (Wildman–Crippen LogP) is 1.47. The van der Waals surface area contributed by atoms with E-state index in [1.807, 2.05) is 27.7 Å². The monoisotopic (exact) mass is 185 g/mol. The summed E-state index contributed by atoms with van der Waals surface area (Å²) in [6, 6.07) is 0.335. The van der Waals surface area contributed by atoms with Gasteiger partial charge in [-0.05, 0) is 40.5 Å². The summed E-state index contributed by atoms with van der Waals surface area (Å²) in [5.74, 6) is -0.0869. The van der Waals surface area contributed by atoms with Gasteiger partial charge in [0.15, 0.2) is 0 Å². The second-order valence-electron chi connectivity index (χ2n) is 4.34. The number of carbonyl (C=O) groups excluding carboxylic acids is 1. The third-order valence-electron chi connectivity index (χ3n) is 2.05. The second kappa shape index (κ2) is 3.66. The topological polar surface area (TPSA) is 38.3 Å². The van der Waals surface area contributed by atoms with E-state index in [9.17, 15) is 4.79 Å². The Balaban J connectivity index is 2.45. The van der Waals surface area contributed by atoms with Crippen molar-refractivity contribution < 1.29 is 9.53 Å². The third kappa shape index (κ3) is 2.69. The van der Waals surface area contributed by atoms with Crippen LogP contribution in [0, 0.1) is 0 Å². The van der Waals surface area contributed by atoms with Gasteiger partial charge in [0.2, 0.25) is 0 Å². The van der Waals surface area contributed by atoms with Gasteiger partial charge in [0.05, 0.1) is 6.10 Å². The molecular formula is C10H19NO2. The molecule has 1 aliphatic carbocycles. The maximum absolute atomic E-state index is 11.6. The van der Waals surface area contributed by atoms with Crippen molar-refractivity contribution in [3.05, 3.63) is 0 Å². The first-order valence-electron chi connectivity index (χ1n) is 4.95. The van der Waals surface area contributed by atoms with Gasteiger partial charge < -0.3 is 4.74 Å². The van der Waals surface area contributed by atoms with Crippen LogP contribution < -0.4 is 5.32 Å². The highest BCUT2D eigenvalue weighted by atomic mass is 16.5. The SMILES string of the molecule is CC(C)NC1(C(=O)OC(C)C)CC1. The third-order valence-corrected chi connectivity index (χ3v) is 2.05. The Kier molecular flexibility index (Phi) is 2.96. The second-order valence-corrected chi connectivity index (χ2v) is 4.34. The van der Waals surface area contributed by atoms with Crippen LogP contribution in [0.4, 0.5) is 0 Å². The molecule has 0 aromatic rings. The molecule has 0 atom stereocenters. The Bertz CT molecular complexity index is 195. The number of nitrogens with one attached hydrogen (secondary N) is 1. The van der Waals surface area contributed by atoms with Crippen molar-refractivity contribution >= 4 is 5.97 Å². The van der Waals surface area contributed by atoms with E-state index in [1.165, 1.54) is 0 Å². The zero-order valence-electron chi connectivity index (χ0n) is 8.89. The summed E-state index contributed by atoms with van der Waals surface area (Å²) < 4.78 is 5.18. The molecule has 3 heteroatoms. The Hall–Kier alpha value is -0.570. The summed E-state index contributed by atoms with van der Waals surface area (Å²) >= 11 is 0.